The molecule has 1 aromatic carbocycles. The first-order chi connectivity index (χ1) is 12.6. The minimum absolute atomic E-state index is 0. The van der Waals surface area contributed by atoms with E-state index in [2.05, 4.69) is 46.8 Å². The maximum absolute atomic E-state index is 5.66. The molecular weight excluding hydrogens is 455 g/mol. The van der Waals surface area contributed by atoms with Crippen LogP contribution in [-0.2, 0) is 4.74 Å². The molecule has 0 saturated heterocycles. The summed E-state index contributed by atoms with van der Waals surface area (Å²) < 4.78 is 10.9. The van der Waals surface area contributed by atoms with Gasteiger partial charge in [0.25, 0.3) is 0 Å². The van der Waals surface area contributed by atoms with E-state index in [4.69, 9.17) is 9.47 Å². The molecule has 0 heterocycles. The molecule has 0 aromatic heterocycles. The minimum atomic E-state index is 0. The topological polar surface area (TPSA) is 58.1 Å². The van der Waals surface area contributed by atoms with Gasteiger partial charge in [-0.25, -0.2) is 0 Å². The van der Waals surface area contributed by atoms with Crippen molar-refractivity contribution < 1.29 is 9.47 Å². The lowest BCUT2D eigenvalue weighted by molar-refractivity contribution is 0.123. The Labute approximate surface area is 181 Å². The highest BCUT2D eigenvalue weighted by Gasteiger charge is 2.20. The lowest BCUT2D eigenvalue weighted by Gasteiger charge is -2.26. The number of likely N-dealkylation sites (N-methyl/N-ethyl adjacent to an activating group) is 1. The van der Waals surface area contributed by atoms with Gasteiger partial charge >= 0.3 is 0 Å². The molecule has 0 radical (unpaired) electrons. The molecule has 1 saturated carbocycles. The van der Waals surface area contributed by atoms with E-state index < -0.39 is 0 Å². The molecule has 2 N–H and O–H groups in total. The van der Waals surface area contributed by atoms with Crippen LogP contribution >= 0.6 is 24.0 Å². The van der Waals surface area contributed by atoms with Crippen LogP contribution in [-0.4, -0.2) is 65.4 Å². The summed E-state index contributed by atoms with van der Waals surface area (Å²) in [6.07, 6.45) is 3.68. The van der Waals surface area contributed by atoms with E-state index in [1.54, 1.807) is 14.2 Å². The van der Waals surface area contributed by atoms with Crippen LogP contribution in [0.4, 0.5) is 0 Å². The molecule has 0 bridgehead atoms. The van der Waals surface area contributed by atoms with E-state index in [0.29, 0.717) is 0 Å². The first-order valence-electron chi connectivity index (χ1n) is 9.46. The Morgan fingerprint density at radius 1 is 1.22 bits per heavy atom. The second-order valence-electron chi connectivity index (χ2n) is 7.00. The van der Waals surface area contributed by atoms with Crippen LogP contribution in [0.1, 0.15) is 30.9 Å². The van der Waals surface area contributed by atoms with Gasteiger partial charge in [0.15, 0.2) is 5.96 Å². The van der Waals surface area contributed by atoms with Crippen molar-refractivity contribution in [1.82, 2.24) is 15.5 Å². The average molecular weight is 490 g/mol. The molecule has 1 unspecified atom stereocenters. The predicted octanol–water partition coefficient (Wildman–Crippen LogP) is 2.90. The molecule has 0 spiro atoms. The molecule has 0 amide bonds. The first kappa shape index (κ1) is 24.0. The van der Waals surface area contributed by atoms with E-state index in [1.165, 1.54) is 18.4 Å². The summed E-state index contributed by atoms with van der Waals surface area (Å²) in [7, 11) is 7.66. The molecule has 1 aliphatic rings. The lowest BCUT2D eigenvalue weighted by atomic mass is 10.1. The molecule has 0 aliphatic heterocycles. The Hall–Kier alpha value is -1.06. The lowest BCUT2D eigenvalue weighted by Crippen LogP contribution is -2.42. The molecule has 154 valence electrons. The van der Waals surface area contributed by atoms with Crippen molar-refractivity contribution in [2.75, 3.05) is 54.6 Å². The normalized spacial score (nSPS) is 15.2. The number of aliphatic imine (C=N–C) groups is 1. The summed E-state index contributed by atoms with van der Waals surface area (Å²) in [6, 6.07) is 8.47. The van der Waals surface area contributed by atoms with Crippen LogP contribution in [0.15, 0.2) is 29.3 Å². The summed E-state index contributed by atoms with van der Waals surface area (Å²) in [5.41, 5.74) is 1.24. The van der Waals surface area contributed by atoms with Crippen LogP contribution in [0, 0.1) is 5.92 Å². The van der Waals surface area contributed by atoms with Gasteiger partial charge in [-0.3, -0.25) is 4.99 Å². The average Bonchev–Trinajstić information content (AvgIpc) is 3.47. The third-order valence-corrected chi connectivity index (χ3v) is 4.62. The van der Waals surface area contributed by atoms with Crippen molar-refractivity contribution >= 4 is 29.9 Å². The van der Waals surface area contributed by atoms with E-state index in [-0.39, 0.29) is 30.0 Å². The third-order valence-electron chi connectivity index (χ3n) is 4.62. The van der Waals surface area contributed by atoms with Crippen LogP contribution in [0.3, 0.4) is 0 Å². The van der Waals surface area contributed by atoms with Crippen LogP contribution in [0.5, 0.6) is 5.75 Å². The number of benzene rings is 1. The Morgan fingerprint density at radius 3 is 2.48 bits per heavy atom. The summed E-state index contributed by atoms with van der Waals surface area (Å²) in [6.45, 7) is 3.38. The summed E-state index contributed by atoms with van der Waals surface area (Å²) >= 11 is 0. The van der Waals surface area contributed by atoms with Crippen molar-refractivity contribution in [3.05, 3.63) is 29.8 Å². The Morgan fingerprint density at radius 2 is 1.93 bits per heavy atom. The van der Waals surface area contributed by atoms with Crippen LogP contribution in [0.2, 0.25) is 0 Å². The summed E-state index contributed by atoms with van der Waals surface area (Å²) in [5.74, 6) is 2.53. The highest BCUT2D eigenvalue weighted by Crippen LogP contribution is 2.28. The van der Waals surface area contributed by atoms with Crippen molar-refractivity contribution in [2.45, 2.75) is 25.3 Å². The van der Waals surface area contributed by atoms with Gasteiger partial charge < -0.3 is 25.0 Å². The second-order valence-corrected chi connectivity index (χ2v) is 7.00. The molecule has 1 aliphatic carbocycles. The SMILES string of the molecule is CN=C(NCCCOCC1CC1)NCC(c1ccc(OC)cc1)N(C)C.I. The number of nitrogens with zero attached hydrogens (tertiary/aromatic N) is 2. The van der Waals surface area contributed by atoms with Gasteiger partial charge in [-0.1, -0.05) is 12.1 Å². The fraction of sp³-hybridized carbons (Fsp3) is 0.650. The monoisotopic (exact) mass is 490 g/mol. The van der Waals surface area contributed by atoms with Crippen molar-refractivity contribution in [1.29, 1.82) is 0 Å². The minimum Gasteiger partial charge on any atom is -0.497 e. The fourth-order valence-electron chi connectivity index (χ4n) is 2.75. The quantitative estimate of drug-likeness (QED) is 0.216. The standard InChI is InChI=1S/C20H34N4O2.HI/c1-21-20(22-12-5-13-26-15-16-6-7-16)23-14-19(24(2)3)17-8-10-18(25-4)11-9-17;/h8-11,16,19H,5-7,12-15H2,1-4H3,(H2,21,22,23);1H. The number of hydrogen-bond donors (Lipinski definition) is 2. The highest BCUT2D eigenvalue weighted by atomic mass is 127. The van der Waals surface area contributed by atoms with Gasteiger partial charge in [0, 0.05) is 33.4 Å². The van der Waals surface area contributed by atoms with E-state index in [9.17, 15) is 0 Å². The van der Waals surface area contributed by atoms with Gasteiger partial charge in [0.2, 0.25) is 0 Å². The molecular formula is C20H35IN4O2. The second kappa shape index (κ2) is 13.2. The predicted molar refractivity (Wildman–Crippen MR) is 122 cm³/mol. The zero-order chi connectivity index (χ0) is 18.8. The van der Waals surface area contributed by atoms with Crippen molar-refractivity contribution in [3.63, 3.8) is 0 Å². The van der Waals surface area contributed by atoms with Crippen LogP contribution < -0.4 is 15.4 Å². The van der Waals surface area contributed by atoms with Crippen molar-refractivity contribution in [3.8, 4) is 5.75 Å². The Bertz CT molecular complexity index is 547. The number of hydrogen-bond acceptors (Lipinski definition) is 4. The molecule has 2 rings (SSSR count). The Balaban J connectivity index is 0.00000364. The number of methoxy groups -OCH3 is 1. The van der Waals surface area contributed by atoms with Gasteiger partial charge in [-0.15, -0.1) is 24.0 Å². The zero-order valence-corrected chi connectivity index (χ0v) is 19.4. The molecule has 27 heavy (non-hydrogen) atoms. The largest absolute Gasteiger partial charge is 0.497 e. The summed E-state index contributed by atoms with van der Waals surface area (Å²) in [4.78, 5) is 6.51. The van der Waals surface area contributed by atoms with E-state index >= 15 is 0 Å². The van der Waals surface area contributed by atoms with Crippen molar-refractivity contribution in [2.24, 2.45) is 10.9 Å². The maximum Gasteiger partial charge on any atom is 0.191 e. The number of halogens is 1. The van der Waals surface area contributed by atoms with Crippen LogP contribution in [0.25, 0.3) is 0 Å². The first-order valence-corrected chi connectivity index (χ1v) is 9.46. The molecule has 6 nitrogen and oxygen atoms in total. The van der Waals surface area contributed by atoms with E-state index in [0.717, 1.165) is 50.4 Å². The zero-order valence-electron chi connectivity index (χ0n) is 17.0. The maximum atomic E-state index is 5.66. The third kappa shape index (κ3) is 9.12. The molecule has 7 heteroatoms. The van der Waals surface area contributed by atoms with Gasteiger partial charge in [0.1, 0.15) is 5.75 Å². The fourth-order valence-corrected chi connectivity index (χ4v) is 2.75. The highest BCUT2D eigenvalue weighted by molar-refractivity contribution is 14.0. The number of rotatable bonds is 11. The summed E-state index contributed by atoms with van der Waals surface area (Å²) in [5, 5.41) is 6.78. The number of ether oxygens (including phenoxy) is 2. The van der Waals surface area contributed by atoms with E-state index in [1.807, 2.05) is 12.1 Å². The number of nitrogens with one attached hydrogen (secondary N) is 2. The molecule has 1 fully saturated rings. The van der Waals surface area contributed by atoms with Gasteiger partial charge in [0.05, 0.1) is 13.2 Å². The number of guanidine groups is 1. The van der Waals surface area contributed by atoms with Gasteiger partial charge in [-0.2, -0.15) is 0 Å². The Kier molecular flexibility index (Phi) is 11.7. The molecule has 1 atom stereocenters. The van der Waals surface area contributed by atoms with Gasteiger partial charge in [-0.05, 0) is 57.0 Å². The smallest absolute Gasteiger partial charge is 0.191 e. The molecule has 1 aromatic rings.